The topological polar surface area (TPSA) is 46.5 Å². The fourth-order valence-corrected chi connectivity index (χ4v) is 2.26. The first-order chi connectivity index (χ1) is 8.69. The first-order valence-corrected chi connectivity index (χ1v) is 6.24. The number of aromatic nitrogens is 4. The second-order valence-electron chi connectivity index (χ2n) is 4.22. The molecule has 0 fully saturated rings. The monoisotopic (exact) mass is 260 g/mol. The molecule has 0 bridgehead atoms. The molecule has 0 aliphatic carbocycles. The predicted octanol–water partition coefficient (Wildman–Crippen LogP) is 3.18. The van der Waals surface area contributed by atoms with Gasteiger partial charge in [0.1, 0.15) is 11.2 Å². The van der Waals surface area contributed by atoms with Crippen molar-refractivity contribution >= 4 is 22.6 Å². The Kier molecular flexibility index (Phi) is 2.59. The number of hydrogen-bond donors (Lipinski definition) is 1. The van der Waals surface area contributed by atoms with Crippen LogP contribution in [0.25, 0.3) is 22.6 Å². The molecule has 0 saturated carbocycles. The molecule has 3 aromatic rings. The van der Waals surface area contributed by atoms with Crippen molar-refractivity contribution in [3.63, 3.8) is 0 Å². The van der Waals surface area contributed by atoms with Crippen molar-refractivity contribution in [2.45, 2.75) is 13.3 Å². The van der Waals surface area contributed by atoms with Crippen molar-refractivity contribution < 1.29 is 0 Å². The zero-order valence-electron chi connectivity index (χ0n) is 10.2. The normalized spacial score (nSPS) is 11.3. The van der Waals surface area contributed by atoms with Crippen molar-refractivity contribution in [2.24, 2.45) is 7.05 Å². The summed E-state index contributed by atoms with van der Waals surface area (Å²) < 4.78 is 1.84. The van der Waals surface area contributed by atoms with E-state index in [4.69, 9.17) is 11.6 Å². The number of aromatic amines is 1. The first-order valence-electron chi connectivity index (χ1n) is 5.86. The highest BCUT2D eigenvalue weighted by Crippen LogP contribution is 2.25. The standard InChI is InChI=1S/C13H13ClN4/c1-3-8-7-11(18(2)17-8)13-15-10-6-4-5-9(14)12(10)16-13/h4-7H,3H2,1-2H3,(H,15,16). The number of benzene rings is 1. The number of imidazole rings is 1. The number of nitrogens with zero attached hydrogens (tertiary/aromatic N) is 3. The molecular weight excluding hydrogens is 248 g/mol. The van der Waals surface area contributed by atoms with Gasteiger partial charge >= 0.3 is 0 Å². The molecule has 18 heavy (non-hydrogen) atoms. The quantitative estimate of drug-likeness (QED) is 0.769. The Hall–Kier alpha value is -1.81. The molecule has 0 unspecified atom stereocenters. The van der Waals surface area contributed by atoms with Crippen LogP contribution in [0.1, 0.15) is 12.6 Å². The third-order valence-corrected chi connectivity index (χ3v) is 3.30. The third-order valence-electron chi connectivity index (χ3n) is 3.00. The highest BCUT2D eigenvalue weighted by molar-refractivity contribution is 6.34. The summed E-state index contributed by atoms with van der Waals surface area (Å²) in [6.45, 7) is 2.08. The van der Waals surface area contributed by atoms with Gasteiger partial charge in [0, 0.05) is 7.05 Å². The van der Waals surface area contributed by atoms with Crippen LogP contribution in [0.4, 0.5) is 0 Å². The lowest BCUT2D eigenvalue weighted by atomic mass is 10.3. The molecule has 2 heterocycles. The SMILES string of the molecule is CCc1cc(-c2nc3c(Cl)cccc3[nH]2)n(C)n1. The Morgan fingerprint density at radius 3 is 2.89 bits per heavy atom. The molecule has 4 nitrogen and oxygen atoms in total. The predicted molar refractivity (Wildman–Crippen MR) is 72.7 cm³/mol. The van der Waals surface area contributed by atoms with Crippen molar-refractivity contribution in [1.82, 2.24) is 19.7 Å². The van der Waals surface area contributed by atoms with Crippen molar-refractivity contribution in [1.29, 1.82) is 0 Å². The lowest BCUT2D eigenvalue weighted by molar-refractivity contribution is 0.749. The summed E-state index contributed by atoms with van der Waals surface area (Å²) in [5.74, 6) is 0.799. The number of rotatable bonds is 2. The van der Waals surface area contributed by atoms with Crippen LogP contribution < -0.4 is 0 Å². The number of H-pyrrole nitrogens is 1. The van der Waals surface area contributed by atoms with Gasteiger partial charge in [0.05, 0.1) is 16.2 Å². The highest BCUT2D eigenvalue weighted by Gasteiger charge is 2.12. The zero-order valence-corrected chi connectivity index (χ0v) is 11.0. The van der Waals surface area contributed by atoms with E-state index in [1.54, 1.807) is 0 Å². The summed E-state index contributed by atoms with van der Waals surface area (Å²) in [5, 5.41) is 5.08. The van der Waals surface area contributed by atoms with Gasteiger partial charge in [0.2, 0.25) is 0 Å². The second kappa shape index (κ2) is 4.14. The van der Waals surface area contributed by atoms with E-state index >= 15 is 0 Å². The summed E-state index contributed by atoms with van der Waals surface area (Å²) in [6, 6.07) is 7.77. The highest BCUT2D eigenvalue weighted by atomic mass is 35.5. The Balaban J connectivity index is 2.19. The first kappa shape index (κ1) is 11.3. The van der Waals surface area contributed by atoms with E-state index in [1.165, 1.54) is 0 Å². The Labute approximate surface area is 110 Å². The summed E-state index contributed by atoms with van der Waals surface area (Å²) >= 11 is 6.13. The van der Waals surface area contributed by atoms with Crippen LogP contribution in [0.2, 0.25) is 5.02 Å². The van der Waals surface area contributed by atoms with Gasteiger partial charge in [-0.15, -0.1) is 0 Å². The van der Waals surface area contributed by atoms with Gasteiger partial charge in [-0.2, -0.15) is 5.10 Å². The number of nitrogens with one attached hydrogen (secondary N) is 1. The molecule has 5 heteroatoms. The van der Waals surface area contributed by atoms with Crippen molar-refractivity contribution in [3.05, 3.63) is 35.0 Å². The van der Waals surface area contributed by atoms with Crippen LogP contribution in [0.15, 0.2) is 24.3 Å². The van der Waals surface area contributed by atoms with Crippen LogP contribution in [0.5, 0.6) is 0 Å². The van der Waals surface area contributed by atoms with Crippen LogP contribution in [-0.4, -0.2) is 19.7 Å². The minimum atomic E-state index is 0.660. The van der Waals surface area contributed by atoms with E-state index in [0.717, 1.165) is 34.7 Å². The number of aryl methyl sites for hydroxylation is 2. The van der Waals surface area contributed by atoms with Gasteiger partial charge in [-0.1, -0.05) is 24.6 Å². The number of fused-ring (bicyclic) bond motifs is 1. The Morgan fingerprint density at radius 1 is 1.39 bits per heavy atom. The molecule has 2 aromatic heterocycles. The molecule has 0 amide bonds. The summed E-state index contributed by atoms with van der Waals surface area (Å²) in [6.07, 6.45) is 0.912. The van der Waals surface area contributed by atoms with E-state index in [0.29, 0.717) is 5.02 Å². The third kappa shape index (κ3) is 1.69. The minimum Gasteiger partial charge on any atom is -0.337 e. The van der Waals surface area contributed by atoms with Crippen LogP contribution in [0.3, 0.4) is 0 Å². The van der Waals surface area contributed by atoms with Crippen LogP contribution in [-0.2, 0) is 13.5 Å². The van der Waals surface area contributed by atoms with Gasteiger partial charge < -0.3 is 4.98 Å². The lowest BCUT2D eigenvalue weighted by Gasteiger charge is -1.95. The maximum atomic E-state index is 6.13. The summed E-state index contributed by atoms with van der Waals surface area (Å²) in [5.41, 5.74) is 3.77. The largest absolute Gasteiger partial charge is 0.337 e. The maximum absolute atomic E-state index is 6.13. The van der Waals surface area contributed by atoms with E-state index in [9.17, 15) is 0 Å². The van der Waals surface area contributed by atoms with Gasteiger partial charge in [-0.25, -0.2) is 4.98 Å². The molecule has 92 valence electrons. The van der Waals surface area contributed by atoms with Gasteiger partial charge in [-0.05, 0) is 24.6 Å². The molecule has 0 atom stereocenters. The van der Waals surface area contributed by atoms with Crippen LogP contribution in [0, 0.1) is 0 Å². The molecule has 0 aliphatic heterocycles. The molecular formula is C13H13ClN4. The van der Waals surface area contributed by atoms with Gasteiger partial charge in [0.15, 0.2) is 5.82 Å². The second-order valence-corrected chi connectivity index (χ2v) is 4.63. The average Bonchev–Trinajstić information content (AvgIpc) is 2.93. The molecule has 0 radical (unpaired) electrons. The molecule has 1 N–H and O–H groups in total. The molecule has 0 aliphatic rings. The number of halogens is 1. The summed E-state index contributed by atoms with van der Waals surface area (Å²) in [4.78, 5) is 7.82. The Bertz CT molecular complexity index is 711. The fourth-order valence-electron chi connectivity index (χ4n) is 2.04. The van der Waals surface area contributed by atoms with E-state index in [1.807, 2.05) is 36.0 Å². The fraction of sp³-hybridized carbons (Fsp3) is 0.231. The maximum Gasteiger partial charge on any atom is 0.156 e. The van der Waals surface area contributed by atoms with Crippen molar-refractivity contribution in [3.8, 4) is 11.5 Å². The summed E-state index contributed by atoms with van der Waals surface area (Å²) in [7, 11) is 1.92. The Morgan fingerprint density at radius 2 is 2.22 bits per heavy atom. The van der Waals surface area contributed by atoms with Gasteiger partial charge in [-0.3, -0.25) is 4.68 Å². The molecule has 3 rings (SSSR count). The minimum absolute atomic E-state index is 0.660. The van der Waals surface area contributed by atoms with Gasteiger partial charge in [0.25, 0.3) is 0 Å². The number of para-hydroxylation sites is 1. The smallest absolute Gasteiger partial charge is 0.156 e. The molecule has 0 saturated heterocycles. The molecule has 0 spiro atoms. The average molecular weight is 261 g/mol. The van der Waals surface area contributed by atoms with Crippen molar-refractivity contribution in [2.75, 3.05) is 0 Å². The number of hydrogen-bond acceptors (Lipinski definition) is 2. The van der Waals surface area contributed by atoms with E-state index in [-0.39, 0.29) is 0 Å². The zero-order chi connectivity index (χ0) is 12.7. The van der Waals surface area contributed by atoms with E-state index in [2.05, 4.69) is 22.0 Å². The van der Waals surface area contributed by atoms with Crippen LogP contribution >= 0.6 is 11.6 Å². The van der Waals surface area contributed by atoms with E-state index < -0.39 is 0 Å². The lowest BCUT2D eigenvalue weighted by Crippen LogP contribution is -1.95. The molecule has 1 aromatic carbocycles.